The number of H-pyrrole nitrogens is 1. The van der Waals surface area contributed by atoms with Gasteiger partial charge in [-0.15, -0.1) is 0 Å². The highest BCUT2D eigenvalue weighted by Crippen LogP contribution is 2.34. The second kappa shape index (κ2) is 12.0. The van der Waals surface area contributed by atoms with Gasteiger partial charge in [-0.2, -0.15) is 5.26 Å². The van der Waals surface area contributed by atoms with Gasteiger partial charge in [0, 0.05) is 12.1 Å². The summed E-state index contributed by atoms with van der Waals surface area (Å²) >= 11 is 0. The Morgan fingerprint density at radius 1 is 1.31 bits per heavy atom. The predicted molar refractivity (Wildman–Crippen MR) is 139 cm³/mol. The van der Waals surface area contributed by atoms with E-state index in [1.54, 1.807) is 23.9 Å². The number of amides is 1. The van der Waals surface area contributed by atoms with Crippen molar-refractivity contribution in [1.82, 2.24) is 14.6 Å². The lowest BCUT2D eigenvalue weighted by Crippen LogP contribution is -2.22. The number of unbranched alkanes of at least 4 members (excludes halogenated alkanes) is 1. The molecule has 1 amide bonds. The molecule has 3 rings (SSSR count). The third-order valence-corrected chi connectivity index (χ3v) is 5.95. The summed E-state index contributed by atoms with van der Waals surface area (Å²) in [5, 5.41) is 15.7. The van der Waals surface area contributed by atoms with E-state index in [1.165, 1.54) is 0 Å². The SMILES string of the molecule is CCCCC(CC)CC(=O)Nc1ccc(OC)c(-c2nc3c(OCOC(C)(C)C)c(C#N)cn3[nH]2)c1. The van der Waals surface area contributed by atoms with Crippen LogP contribution < -0.4 is 14.8 Å². The smallest absolute Gasteiger partial charge is 0.224 e. The molecule has 1 aromatic carbocycles. The lowest BCUT2D eigenvalue weighted by atomic mass is 9.95. The molecular formula is C27H37N5O4. The molecule has 9 heteroatoms. The first kappa shape index (κ1) is 27.1. The number of ether oxygens (including phenoxy) is 3. The Hall–Kier alpha value is -3.51. The van der Waals surface area contributed by atoms with Crippen molar-refractivity contribution < 1.29 is 19.0 Å². The number of hydrogen-bond donors (Lipinski definition) is 2. The molecule has 1 unspecified atom stereocenters. The van der Waals surface area contributed by atoms with E-state index in [0.29, 0.717) is 52.1 Å². The number of fused-ring (bicyclic) bond motifs is 1. The van der Waals surface area contributed by atoms with Gasteiger partial charge in [-0.25, -0.2) is 9.50 Å². The van der Waals surface area contributed by atoms with Gasteiger partial charge in [0.05, 0.1) is 24.5 Å². The number of nitriles is 1. The molecule has 2 aromatic heterocycles. The summed E-state index contributed by atoms with van der Waals surface area (Å²) in [6.07, 6.45) is 6.42. The number of carbonyl (C=O) groups is 1. The highest BCUT2D eigenvalue weighted by atomic mass is 16.7. The molecule has 2 N–H and O–H groups in total. The molecule has 9 nitrogen and oxygen atoms in total. The maximum Gasteiger partial charge on any atom is 0.224 e. The molecule has 0 bridgehead atoms. The third-order valence-electron chi connectivity index (χ3n) is 5.95. The first-order valence-electron chi connectivity index (χ1n) is 12.4. The average molecular weight is 496 g/mol. The van der Waals surface area contributed by atoms with Gasteiger partial charge in [0.1, 0.15) is 17.4 Å². The van der Waals surface area contributed by atoms with Crippen LogP contribution in [0.4, 0.5) is 5.69 Å². The molecule has 0 saturated carbocycles. The molecule has 3 aromatic rings. The van der Waals surface area contributed by atoms with Crippen LogP contribution in [0.25, 0.3) is 17.0 Å². The molecule has 0 fully saturated rings. The van der Waals surface area contributed by atoms with Crippen molar-refractivity contribution in [3.8, 4) is 29.0 Å². The highest BCUT2D eigenvalue weighted by molar-refractivity contribution is 5.92. The van der Waals surface area contributed by atoms with Crippen LogP contribution in [0.2, 0.25) is 0 Å². The number of carbonyl (C=O) groups excluding carboxylic acids is 1. The summed E-state index contributed by atoms with van der Waals surface area (Å²) in [5.74, 6) is 1.82. The number of nitrogens with one attached hydrogen (secondary N) is 2. The van der Waals surface area contributed by atoms with Crippen molar-refractivity contribution in [1.29, 1.82) is 5.26 Å². The van der Waals surface area contributed by atoms with Crippen LogP contribution in [0.3, 0.4) is 0 Å². The molecule has 0 aliphatic carbocycles. The molecule has 0 spiro atoms. The molecule has 36 heavy (non-hydrogen) atoms. The van der Waals surface area contributed by atoms with E-state index >= 15 is 0 Å². The zero-order valence-corrected chi connectivity index (χ0v) is 22.1. The van der Waals surface area contributed by atoms with Gasteiger partial charge < -0.3 is 19.5 Å². The van der Waals surface area contributed by atoms with Crippen LogP contribution in [0.1, 0.15) is 72.3 Å². The van der Waals surface area contributed by atoms with Gasteiger partial charge in [-0.05, 0) is 51.3 Å². The number of nitrogens with zero attached hydrogens (tertiary/aromatic N) is 3. The van der Waals surface area contributed by atoms with Gasteiger partial charge in [-0.3, -0.25) is 9.89 Å². The Morgan fingerprint density at radius 3 is 2.72 bits per heavy atom. The Balaban J connectivity index is 1.85. The fraction of sp³-hybridized carbons (Fsp3) is 0.519. The van der Waals surface area contributed by atoms with Crippen molar-refractivity contribution in [2.45, 2.75) is 72.3 Å². The third kappa shape index (κ3) is 6.79. The zero-order chi connectivity index (χ0) is 26.3. The summed E-state index contributed by atoms with van der Waals surface area (Å²) in [6, 6.07) is 7.57. The number of aromatic nitrogens is 3. The van der Waals surface area contributed by atoms with Crippen LogP contribution in [-0.4, -0.2) is 40.0 Å². The van der Waals surface area contributed by atoms with E-state index in [9.17, 15) is 10.1 Å². The Labute approximate surface area is 212 Å². The summed E-state index contributed by atoms with van der Waals surface area (Å²) in [6.45, 7) is 10.1. The second-order valence-electron chi connectivity index (χ2n) is 9.85. The van der Waals surface area contributed by atoms with Crippen LogP contribution in [0, 0.1) is 17.2 Å². The van der Waals surface area contributed by atoms with Crippen molar-refractivity contribution >= 4 is 17.2 Å². The fourth-order valence-corrected chi connectivity index (χ4v) is 3.91. The Kier molecular flexibility index (Phi) is 8.99. The van der Waals surface area contributed by atoms with Crippen molar-refractivity contribution in [2.75, 3.05) is 19.2 Å². The standard InChI is InChI=1S/C27H37N5O4/c1-7-9-10-18(8-2)13-23(33)29-20-11-12-22(34-6)21(14-20)25-30-26-24(35-17-36-27(3,4)5)19(15-28)16-32(26)31-25/h11-12,14,16,18H,7-10,13,17H2,1-6H3,(H,29,33)(H,30,31). The zero-order valence-electron chi connectivity index (χ0n) is 22.1. The van der Waals surface area contributed by atoms with E-state index in [1.807, 2.05) is 32.9 Å². The van der Waals surface area contributed by atoms with E-state index in [0.717, 1.165) is 25.7 Å². The van der Waals surface area contributed by atoms with Crippen molar-refractivity contribution in [3.63, 3.8) is 0 Å². The maximum absolute atomic E-state index is 12.7. The lowest BCUT2D eigenvalue weighted by Gasteiger charge is -2.19. The number of methoxy groups -OCH3 is 1. The molecule has 194 valence electrons. The van der Waals surface area contributed by atoms with Gasteiger partial charge >= 0.3 is 0 Å². The first-order valence-corrected chi connectivity index (χ1v) is 12.4. The summed E-state index contributed by atoms with van der Waals surface area (Å²) < 4.78 is 18.6. The predicted octanol–water partition coefficient (Wildman–Crippen LogP) is 5.91. The minimum absolute atomic E-state index is 0.00477. The molecule has 2 heterocycles. The van der Waals surface area contributed by atoms with Gasteiger partial charge in [-0.1, -0.05) is 33.1 Å². The van der Waals surface area contributed by atoms with Crippen LogP contribution in [0.15, 0.2) is 24.4 Å². The van der Waals surface area contributed by atoms with Crippen LogP contribution in [0.5, 0.6) is 11.5 Å². The summed E-state index contributed by atoms with van der Waals surface area (Å²) in [4.78, 5) is 17.4. The van der Waals surface area contributed by atoms with Crippen molar-refractivity contribution in [2.24, 2.45) is 5.92 Å². The van der Waals surface area contributed by atoms with Crippen LogP contribution in [-0.2, 0) is 9.53 Å². The molecule has 0 radical (unpaired) electrons. The number of benzene rings is 1. The van der Waals surface area contributed by atoms with Crippen LogP contribution >= 0.6 is 0 Å². The quantitative estimate of drug-likeness (QED) is 0.302. The van der Waals surface area contributed by atoms with Gasteiger partial charge in [0.15, 0.2) is 24.0 Å². The average Bonchev–Trinajstić information content (AvgIpc) is 3.39. The molecular weight excluding hydrogens is 458 g/mol. The minimum Gasteiger partial charge on any atom is -0.496 e. The van der Waals surface area contributed by atoms with E-state index in [-0.39, 0.29) is 18.3 Å². The van der Waals surface area contributed by atoms with Gasteiger partial charge in [0.2, 0.25) is 5.91 Å². The van der Waals surface area contributed by atoms with E-state index < -0.39 is 0 Å². The largest absolute Gasteiger partial charge is 0.496 e. The topological polar surface area (TPSA) is 114 Å². The first-order chi connectivity index (χ1) is 17.2. The minimum atomic E-state index is -0.381. The van der Waals surface area contributed by atoms with E-state index in [2.05, 4.69) is 35.3 Å². The maximum atomic E-state index is 12.7. The number of hydrogen-bond acceptors (Lipinski definition) is 6. The highest BCUT2D eigenvalue weighted by Gasteiger charge is 2.20. The number of rotatable bonds is 12. The summed E-state index contributed by atoms with van der Waals surface area (Å²) in [5.41, 5.74) is 1.76. The van der Waals surface area contributed by atoms with Crippen molar-refractivity contribution in [3.05, 3.63) is 30.0 Å². The number of aromatic amines is 1. The van der Waals surface area contributed by atoms with E-state index in [4.69, 9.17) is 14.2 Å². The lowest BCUT2D eigenvalue weighted by molar-refractivity contribution is -0.117. The van der Waals surface area contributed by atoms with Gasteiger partial charge in [0.25, 0.3) is 0 Å². The molecule has 0 saturated heterocycles. The molecule has 0 aliphatic heterocycles. The fourth-order valence-electron chi connectivity index (χ4n) is 3.91. The normalized spacial score (nSPS) is 12.4. The number of anilines is 1. The Bertz CT molecular complexity index is 1220. The monoisotopic (exact) mass is 495 g/mol. The molecule has 1 atom stereocenters. The molecule has 0 aliphatic rings. The Morgan fingerprint density at radius 2 is 2.08 bits per heavy atom. The second-order valence-corrected chi connectivity index (χ2v) is 9.85. The summed E-state index contributed by atoms with van der Waals surface area (Å²) in [7, 11) is 1.58.